The van der Waals surface area contributed by atoms with Gasteiger partial charge in [0.25, 0.3) is 5.56 Å². The third-order valence-electron chi connectivity index (χ3n) is 6.58. The SMILES string of the molecule is CCCCCCN(C(=O)Nc1ccccc1Br)C(CC)c1nc2ccccc2c(=O)n1-c1ccc(F)cc1. The van der Waals surface area contributed by atoms with E-state index < -0.39 is 11.9 Å². The highest BCUT2D eigenvalue weighted by Gasteiger charge is 2.29. The molecule has 0 saturated carbocycles. The largest absolute Gasteiger partial charge is 0.322 e. The fourth-order valence-electron chi connectivity index (χ4n) is 4.61. The molecular formula is C30H32BrFN4O2. The van der Waals surface area contributed by atoms with Crippen LogP contribution in [0.2, 0.25) is 0 Å². The van der Waals surface area contributed by atoms with Gasteiger partial charge in [0, 0.05) is 11.0 Å². The summed E-state index contributed by atoms with van der Waals surface area (Å²) in [6.07, 6.45) is 4.49. The quantitative estimate of drug-likeness (QED) is 0.195. The van der Waals surface area contributed by atoms with E-state index in [4.69, 9.17) is 4.98 Å². The number of halogens is 2. The smallest absolute Gasteiger partial charge is 0.314 e. The second-order valence-corrected chi connectivity index (χ2v) is 10.0. The topological polar surface area (TPSA) is 67.2 Å². The van der Waals surface area contributed by atoms with Crippen LogP contribution in [-0.2, 0) is 0 Å². The van der Waals surface area contributed by atoms with E-state index in [1.54, 1.807) is 35.2 Å². The number of nitrogens with one attached hydrogen (secondary N) is 1. The summed E-state index contributed by atoms with van der Waals surface area (Å²) in [4.78, 5) is 34.2. The number of nitrogens with zero attached hydrogens (tertiary/aromatic N) is 3. The number of carbonyl (C=O) groups is 1. The third-order valence-corrected chi connectivity index (χ3v) is 7.27. The number of carbonyl (C=O) groups excluding carboxylic acids is 1. The molecule has 0 aliphatic heterocycles. The Hall–Kier alpha value is -3.52. The number of benzene rings is 3. The highest BCUT2D eigenvalue weighted by atomic mass is 79.9. The van der Waals surface area contributed by atoms with Crippen molar-refractivity contribution in [3.8, 4) is 5.69 Å². The molecule has 1 N–H and O–H groups in total. The van der Waals surface area contributed by atoms with Crippen LogP contribution in [0.15, 0.2) is 82.1 Å². The van der Waals surface area contributed by atoms with Crippen molar-refractivity contribution in [2.24, 2.45) is 0 Å². The highest BCUT2D eigenvalue weighted by molar-refractivity contribution is 9.10. The lowest BCUT2D eigenvalue weighted by molar-refractivity contribution is 0.179. The fourth-order valence-corrected chi connectivity index (χ4v) is 5.00. The van der Waals surface area contributed by atoms with Crippen molar-refractivity contribution in [1.82, 2.24) is 14.5 Å². The molecule has 0 aliphatic carbocycles. The van der Waals surface area contributed by atoms with E-state index >= 15 is 0 Å². The van der Waals surface area contributed by atoms with Crippen LogP contribution >= 0.6 is 15.9 Å². The Bertz CT molecular complexity index is 1460. The summed E-state index contributed by atoms with van der Waals surface area (Å²) in [6.45, 7) is 4.62. The molecule has 8 heteroatoms. The lowest BCUT2D eigenvalue weighted by Crippen LogP contribution is -2.41. The maximum Gasteiger partial charge on any atom is 0.322 e. The number of para-hydroxylation sites is 2. The summed E-state index contributed by atoms with van der Waals surface area (Å²) in [5.41, 5.74) is 1.46. The van der Waals surface area contributed by atoms with Gasteiger partial charge in [0.1, 0.15) is 11.6 Å². The van der Waals surface area contributed by atoms with Crippen molar-refractivity contribution in [1.29, 1.82) is 0 Å². The third kappa shape index (κ3) is 6.13. The van der Waals surface area contributed by atoms with E-state index in [1.807, 2.05) is 37.3 Å². The normalized spacial score (nSPS) is 11.9. The van der Waals surface area contributed by atoms with Crippen LogP contribution in [0.25, 0.3) is 16.6 Å². The van der Waals surface area contributed by atoms with Crippen molar-refractivity contribution in [3.63, 3.8) is 0 Å². The molecule has 0 bridgehead atoms. The number of unbranched alkanes of at least 4 members (excludes halogenated alkanes) is 3. The Morgan fingerprint density at radius 2 is 1.71 bits per heavy atom. The summed E-state index contributed by atoms with van der Waals surface area (Å²) in [7, 11) is 0. The molecular weight excluding hydrogens is 547 g/mol. The summed E-state index contributed by atoms with van der Waals surface area (Å²) in [5, 5.41) is 3.49. The minimum absolute atomic E-state index is 0.257. The van der Waals surface area contributed by atoms with Crippen LogP contribution in [0.1, 0.15) is 57.8 Å². The number of aromatic nitrogens is 2. The monoisotopic (exact) mass is 578 g/mol. The molecule has 1 heterocycles. The molecule has 0 radical (unpaired) electrons. The van der Waals surface area contributed by atoms with E-state index in [0.717, 1.165) is 30.2 Å². The average molecular weight is 580 g/mol. The summed E-state index contributed by atoms with van der Waals surface area (Å²) >= 11 is 3.51. The van der Waals surface area contributed by atoms with Gasteiger partial charge in [-0.2, -0.15) is 0 Å². The molecule has 6 nitrogen and oxygen atoms in total. The number of urea groups is 1. The molecule has 0 fully saturated rings. The Kier molecular flexibility index (Phi) is 9.29. The molecule has 2 amide bonds. The molecule has 4 aromatic rings. The predicted molar refractivity (Wildman–Crippen MR) is 154 cm³/mol. The number of rotatable bonds is 10. The number of anilines is 1. The van der Waals surface area contributed by atoms with Crippen molar-refractivity contribution in [3.05, 3.63) is 99.3 Å². The molecule has 1 unspecified atom stereocenters. The summed E-state index contributed by atoms with van der Waals surface area (Å²) in [6, 6.07) is 19.6. The van der Waals surface area contributed by atoms with Crippen LogP contribution in [0.5, 0.6) is 0 Å². The zero-order chi connectivity index (χ0) is 27.1. The van der Waals surface area contributed by atoms with Crippen LogP contribution in [-0.4, -0.2) is 27.0 Å². The van der Waals surface area contributed by atoms with E-state index in [2.05, 4.69) is 28.2 Å². The zero-order valence-corrected chi connectivity index (χ0v) is 23.2. The maximum atomic E-state index is 13.8. The number of fused-ring (bicyclic) bond motifs is 1. The Morgan fingerprint density at radius 1 is 1.00 bits per heavy atom. The standard InChI is InChI=1S/C30H32BrFN4O2/c1-3-5-6-11-20-35(30(38)34-26-15-10-8-13-24(26)31)27(4-2)28-33-25-14-9-7-12-23(25)29(37)36(28)22-18-16-21(32)17-19-22/h7-10,12-19,27H,3-6,11,20H2,1-2H3,(H,34,38). The van der Waals surface area contributed by atoms with Gasteiger partial charge in [0.15, 0.2) is 0 Å². The minimum atomic E-state index is -0.499. The first-order chi connectivity index (χ1) is 18.4. The zero-order valence-electron chi connectivity index (χ0n) is 21.7. The van der Waals surface area contributed by atoms with Crippen molar-refractivity contribution < 1.29 is 9.18 Å². The fraction of sp³-hybridized carbons (Fsp3) is 0.300. The molecule has 198 valence electrons. The van der Waals surface area contributed by atoms with E-state index in [0.29, 0.717) is 41.1 Å². The maximum absolute atomic E-state index is 13.8. The number of hydrogen-bond donors (Lipinski definition) is 1. The van der Waals surface area contributed by atoms with Crippen LogP contribution < -0.4 is 10.9 Å². The molecule has 0 saturated heterocycles. The molecule has 1 atom stereocenters. The minimum Gasteiger partial charge on any atom is -0.314 e. The van der Waals surface area contributed by atoms with Crippen LogP contribution in [0, 0.1) is 5.82 Å². The van der Waals surface area contributed by atoms with Gasteiger partial charge in [-0.3, -0.25) is 9.36 Å². The Labute approximate surface area is 230 Å². The molecule has 3 aromatic carbocycles. The van der Waals surface area contributed by atoms with E-state index in [-0.39, 0.29) is 11.6 Å². The van der Waals surface area contributed by atoms with Gasteiger partial charge in [-0.15, -0.1) is 0 Å². The first-order valence-electron chi connectivity index (χ1n) is 13.0. The summed E-state index contributed by atoms with van der Waals surface area (Å²) in [5.74, 6) is 0.0510. The number of hydrogen-bond acceptors (Lipinski definition) is 3. The molecule has 4 rings (SSSR count). The molecule has 0 aliphatic rings. The van der Waals surface area contributed by atoms with E-state index in [9.17, 15) is 14.0 Å². The highest BCUT2D eigenvalue weighted by Crippen LogP contribution is 2.29. The van der Waals surface area contributed by atoms with Gasteiger partial charge >= 0.3 is 6.03 Å². The molecule has 38 heavy (non-hydrogen) atoms. The lowest BCUT2D eigenvalue weighted by Gasteiger charge is -2.32. The lowest BCUT2D eigenvalue weighted by atomic mass is 10.1. The average Bonchev–Trinajstić information content (AvgIpc) is 2.92. The van der Waals surface area contributed by atoms with Gasteiger partial charge in [0.2, 0.25) is 0 Å². The van der Waals surface area contributed by atoms with Crippen LogP contribution in [0.4, 0.5) is 14.9 Å². The number of amides is 2. The van der Waals surface area contributed by atoms with Gasteiger partial charge in [-0.25, -0.2) is 14.2 Å². The second kappa shape index (κ2) is 12.8. The van der Waals surface area contributed by atoms with Crippen molar-refractivity contribution in [2.75, 3.05) is 11.9 Å². The van der Waals surface area contributed by atoms with Gasteiger partial charge in [0.05, 0.1) is 28.3 Å². The van der Waals surface area contributed by atoms with Crippen molar-refractivity contribution >= 4 is 38.6 Å². The van der Waals surface area contributed by atoms with Crippen molar-refractivity contribution in [2.45, 2.75) is 52.0 Å². The van der Waals surface area contributed by atoms with E-state index in [1.165, 1.54) is 16.7 Å². The van der Waals surface area contributed by atoms with Gasteiger partial charge in [-0.1, -0.05) is 57.4 Å². The predicted octanol–water partition coefficient (Wildman–Crippen LogP) is 7.85. The van der Waals surface area contributed by atoms with Crippen LogP contribution in [0.3, 0.4) is 0 Å². The Balaban J connectivity index is 1.84. The summed E-state index contributed by atoms with van der Waals surface area (Å²) < 4.78 is 16.1. The van der Waals surface area contributed by atoms with Gasteiger partial charge < -0.3 is 10.2 Å². The van der Waals surface area contributed by atoms with Gasteiger partial charge in [-0.05, 0) is 77.3 Å². The Morgan fingerprint density at radius 3 is 2.42 bits per heavy atom. The first-order valence-corrected chi connectivity index (χ1v) is 13.8. The first kappa shape index (κ1) is 27.5. The second-order valence-electron chi connectivity index (χ2n) is 9.19. The molecule has 0 spiro atoms. The molecule has 1 aromatic heterocycles.